The highest BCUT2D eigenvalue weighted by Gasteiger charge is 2.32. The molecule has 112 valence electrons. The zero-order valence-corrected chi connectivity index (χ0v) is 11.1. The predicted octanol–water partition coefficient (Wildman–Crippen LogP) is 1.96. The van der Waals surface area contributed by atoms with E-state index in [4.69, 9.17) is 5.73 Å². The van der Waals surface area contributed by atoms with E-state index in [1.165, 1.54) is 17.7 Å². The van der Waals surface area contributed by atoms with Crippen molar-refractivity contribution >= 4 is 11.8 Å². The largest absolute Gasteiger partial charge is 0.464 e. The van der Waals surface area contributed by atoms with E-state index < -0.39 is 17.8 Å². The second-order valence-electron chi connectivity index (χ2n) is 4.12. The maximum absolute atomic E-state index is 12.5. The maximum Gasteiger partial charge on any atom is 0.433 e. The molecule has 0 aliphatic heterocycles. The zero-order chi connectivity index (χ0) is 15.8. The van der Waals surface area contributed by atoms with Gasteiger partial charge >= 0.3 is 12.1 Å². The normalized spacial score (nSPS) is 11.5. The highest BCUT2D eigenvalue weighted by molar-refractivity contribution is 5.92. The van der Waals surface area contributed by atoms with Gasteiger partial charge in [0.05, 0.1) is 19.0 Å². The van der Waals surface area contributed by atoms with Crippen LogP contribution in [0.15, 0.2) is 18.3 Å². The average molecular weight is 300 g/mol. The zero-order valence-electron chi connectivity index (χ0n) is 11.1. The molecule has 0 radical (unpaired) electrons. The van der Waals surface area contributed by atoms with Gasteiger partial charge in [-0.25, -0.2) is 14.8 Å². The molecule has 2 aromatic heterocycles. The number of nitrogens with two attached hydrogens (primary N) is 1. The van der Waals surface area contributed by atoms with E-state index in [-0.39, 0.29) is 17.2 Å². The lowest BCUT2D eigenvalue weighted by molar-refractivity contribution is -0.141. The number of aryl methyl sites for hydroxylation is 1. The molecular weight excluding hydrogens is 289 g/mol. The van der Waals surface area contributed by atoms with Crippen LogP contribution < -0.4 is 5.73 Å². The van der Waals surface area contributed by atoms with Crippen molar-refractivity contribution in [3.05, 3.63) is 35.5 Å². The second kappa shape index (κ2) is 5.08. The molecule has 0 amide bonds. The van der Waals surface area contributed by atoms with Crippen molar-refractivity contribution < 1.29 is 22.7 Å². The van der Waals surface area contributed by atoms with Crippen molar-refractivity contribution in [2.75, 3.05) is 12.8 Å². The molecule has 0 aliphatic rings. The number of anilines is 1. The van der Waals surface area contributed by atoms with Crippen LogP contribution >= 0.6 is 0 Å². The van der Waals surface area contributed by atoms with Crippen LogP contribution in [0.5, 0.6) is 0 Å². The molecule has 0 unspecified atom stereocenters. The number of imidazole rings is 1. The van der Waals surface area contributed by atoms with Gasteiger partial charge in [0.2, 0.25) is 0 Å². The number of hydrogen-bond acceptors (Lipinski definition) is 5. The fourth-order valence-corrected chi connectivity index (χ4v) is 1.81. The molecule has 0 aliphatic carbocycles. The number of esters is 1. The van der Waals surface area contributed by atoms with Crippen LogP contribution in [0, 0.1) is 6.92 Å². The van der Waals surface area contributed by atoms with E-state index in [9.17, 15) is 18.0 Å². The Kier molecular flexibility index (Phi) is 3.58. The van der Waals surface area contributed by atoms with Crippen LogP contribution in [0.25, 0.3) is 5.69 Å². The summed E-state index contributed by atoms with van der Waals surface area (Å²) in [5, 5.41) is 0. The lowest BCUT2D eigenvalue weighted by atomic mass is 10.3. The number of ether oxygens (including phenoxy) is 1. The summed E-state index contributed by atoms with van der Waals surface area (Å²) in [5.41, 5.74) is 4.93. The molecule has 0 saturated carbocycles. The molecule has 9 heteroatoms. The van der Waals surface area contributed by atoms with Gasteiger partial charge in [-0.3, -0.25) is 4.57 Å². The molecule has 2 heterocycles. The Morgan fingerprint density at radius 1 is 1.38 bits per heavy atom. The van der Waals surface area contributed by atoms with Crippen LogP contribution in [-0.2, 0) is 10.9 Å². The summed E-state index contributed by atoms with van der Waals surface area (Å²) >= 11 is 0. The molecule has 0 fully saturated rings. The third-order valence-corrected chi connectivity index (χ3v) is 2.76. The van der Waals surface area contributed by atoms with E-state index in [0.717, 1.165) is 12.3 Å². The van der Waals surface area contributed by atoms with E-state index in [2.05, 4.69) is 14.7 Å². The molecule has 0 bridgehead atoms. The van der Waals surface area contributed by atoms with E-state index >= 15 is 0 Å². The first-order chi connectivity index (χ1) is 9.75. The number of nitrogens with zero attached hydrogens (tertiary/aromatic N) is 3. The number of hydrogen-bond donors (Lipinski definition) is 1. The van der Waals surface area contributed by atoms with Crippen molar-refractivity contribution in [3.8, 4) is 5.69 Å². The Morgan fingerprint density at radius 2 is 2.05 bits per heavy atom. The first-order valence-electron chi connectivity index (χ1n) is 5.72. The summed E-state index contributed by atoms with van der Waals surface area (Å²) in [6.45, 7) is 1.56. The number of aromatic nitrogens is 3. The topological polar surface area (TPSA) is 83.0 Å². The molecule has 2 rings (SSSR count). The minimum atomic E-state index is -4.52. The summed E-state index contributed by atoms with van der Waals surface area (Å²) in [4.78, 5) is 18.8. The first kappa shape index (κ1) is 14.8. The van der Waals surface area contributed by atoms with Gasteiger partial charge in [-0.15, -0.1) is 0 Å². The molecule has 0 saturated heterocycles. The summed E-state index contributed by atoms with van der Waals surface area (Å²) in [6, 6.07) is 2.02. The minimum absolute atomic E-state index is 0.0269. The van der Waals surface area contributed by atoms with Crippen molar-refractivity contribution in [2.45, 2.75) is 13.1 Å². The predicted molar refractivity (Wildman–Crippen MR) is 66.8 cm³/mol. The van der Waals surface area contributed by atoms with Crippen LogP contribution in [0.3, 0.4) is 0 Å². The third-order valence-electron chi connectivity index (χ3n) is 2.76. The van der Waals surface area contributed by atoms with Crippen LogP contribution in [-0.4, -0.2) is 27.6 Å². The Balaban J connectivity index is 2.48. The van der Waals surface area contributed by atoms with E-state index in [0.29, 0.717) is 5.82 Å². The monoisotopic (exact) mass is 300 g/mol. The number of rotatable bonds is 2. The number of alkyl halides is 3. The Labute approximate surface area is 117 Å². The molecule has 2 N–H and O–H groups in total. The number of nitrogen functional groups attached to an aromatic ring is 1. The first-order valence-corrected chi connectivity index (χ1v) is 5.72. The lowest BCUT2D eigenvalue weighted by Crippen LogP contribution is -2.10. The SMILES string of the molecule is COC(=O)c1nc(C)n(-c2ccc(C(F)(F)F)nc2)c1N. The fourth-order valence-electron chi connectivity index (χ4n) is 1.81. The van der Waals surface area contributed by atoms with Crippen molar-refractivity contribution in [3.63, 3.8) is 0 Å². The smallest absolute Gasteiger partial charge is 0.433 e. The quantitative estimate of drug-likeness (QED) is 0.857. The summed E-state index contributed by atoms with van der Waals surface area (Å²) < 4.78 is 43.3. The number of carbonyl (C=O) groups excluding carboxylic acids is 1. The number of carbonyl (C=O) groups is 1. The number of methoxy groups -OCH3 is 1. The molecular formula is C12H11F3N4O2. The van der Waals surface area contributed by atoms with E-state index in [1.54, 1.807) is 6.92 Å². The Hall–Kier alpha value is -2.58. The van der Waals surface area contributed by atoms with Crippen molar-refractivity contribution in [1.29, 1.82) is 0 Å². The van der Waals surface area contributed by atoms with Crippen molar-refractivity contribution in [2.24, 2.45) is 0 Å². The average Bonchev–Trinajstić information content (AvgIpc) is 2.72. The van der Waals surface area contributed by atoms with E-state index in [1.807, 2.05) is 0 Å². The van der Waals surface area contributed by atoms with Crippen LogP contribution in [0.4, 0.5) is 19.0 Å². The van der Waals surface area contributed by atoms with Gasteiger partial charge in [0, 0.05) is 0 Å². The minimum Gasteiger partial charge on any atom is -0.464 e. The fraction of sp³-hybridized carbons (Fsp3) is 0.250. The molecule has 0 spiro atoms. The summed E-state index contributed by atoms with van der Waals surface area (Å²) in [6.07, 6.45) is -3.51. The van der Waals surface area contributed by atoms with Gasteiger partial charge in [0.25, 0.3) is 0 Å². The van der Waals surface area contributed by atoms with Crippen molar-refractivity contribution in [1.82, 2.24) is 14.5 Å². The molecule has 2 aromatic rings. The van der Waals surface area contributed by atoms with Crippen LogP contribution in [0.1, 0.15) is 22.0 Å². The third kappa shape index (κ3) is 2.67. The highest BCUT2D eigenvalue weighted by Crippen LogP contribution is 2.28. The van der Waals surface area contributed by atoms with Gasteiger partial charge in [-0.2, -0.15) is 13.2 Å². The second-order valence-corrected chi connectivity index (χ2v) is 4.12. The molecule has 21 heavy (non-hydrogen) atoms. The highest BCUT2D eigenvalue weighted by atomic mass is 19.4. The Morgan fingerprint density at radius 3 is 2.52 bits per heavy atom. The maximum atomic E-state index is 12.5. The lowest BCUT2D eigenvalue weighted by Gasteiger charge is -2.09. The van der Waals surface area contributed by atoms with Gasteiger partial charge < -0.3 is 10.5 Å². The van der Waals surface area contributed by atoms with Gasteiger partial charge in [0.1, 0.15) is 17.3 Å². The Bertz CT molecular complexity index is 677. The standard InChI is InChI=1S/C12H11F3N4O2/c1-6-18-9(11(20)21-2)10(16)19(6)7-3-4-8(17-5-7)12(13,14)15/h3-5H,16H2,1-2H3. The number of halogens is 3. The summed E-state index contributed by atoms with van der Waals surface area (Å²) in [5.74, 6) is -0.426. The van der Waals surface area contributed by atoms with Crippen LogP contribution in [0.2, 0.25) is 0 Å². The summed E-state index contributed by atoms with van der Waals surface area (Å²) in [7, 11) is 1.18. The molecule has 0 aromatic carbocycles. The molecule has 6 nitrogen and oxygen atoms in total. The molecule has 0 atom stereocenters. The van der Waals surface area contributed by atoms with Gasteiger partial charge in [-0.1, -0.05) is 0 Å². The van der Waals surface area contributed by atoms with Gasteiger partial charge in [0.15, 0.2) is 5.69 Å². The van der Waals surface area contributed by atoms with Gasteiger partial charge in [-0.05, 0) is 19.1 Å². The number of pyridine rings is 1.